The van der Waals surface area contributed by atoms with E-state index < -0.39 is 23.6 Å². The highest BCUT2D eigenvalue weighted by atomic mass is 16.6. The fourth-order valence-electron chi connectivity index (χ4n) is 1.64. The largest absolute Gasteiger partial charge is 0.466 e. The summed E-state index contributed by atoms with van der Waals surface area (Å²) in [4.78, 5) is 34.6. The molecule has 130 valence electrons. The molecule has 0 heterocycles. The number of nitrogens with one attached hydrogen (secondary N) is 2. The summed E-state index contributed by atoms with van der Waals surface area (Å²) in [5.41, 5.74) is 0.508. The summed E-state index contributed by atoms with van der Waals surface area (Å²) in [5, 5.41) is 5.03. The molecule has 2 N–H and O–H groups in total. The van der Waals surface area contributed by atoms with Gasteiger partial charge in [-0.1, -0.05) is 18.2 Å². The van der Waals surface area contributed by atoms with Crippen LogP contribution in [-0.2, 0) is 19.1 Å². The Morgan fingerprint density at radius 3 is 2.46 bits per heavy atom. The molecule has 7 heteroatoms. The zero-order valence-corrected chi connectivity index (χ0v) is 14.2. The van der Waals surface area contributed by atoms with Crippen LogP contribution in [0.3, 0.4) is 0 Å². The van der Waals surface area contributed by atoms with Crippen LogP contribution in [0.1, 0.15) is 26.3 Å². The van der Waals surface area contributed by atoms with E-state index in [0.29, 0.717) is 11.3 Å². The first kappa shape index (κ1) is 19.2. The van der Waals surface area contributed by atoms with Crippen LogP contribution < -0.4 is 10.6 Å². The van der Waals surface area contributed by atoms with E-state index >= 15 is 0 Å². The van der Waals surface area contributed by atoms with Crippen LogP contribution in [0.4, 0.5) is 10.5 Å². The molecule has 0 spiro atoms. The average Bonchev–Trinajstić information content (AvgIpc) is 2.50. The van der Waals surface area contributed by atoms with Crippen LogP contribution in [0.2, 0.25) is 0 Å². The van der Waals surface area contributed by atoms with Gasteiger partial charge in [0, 0.05) is 11.8 Å². The van der Waals surface area contributed by atoms with Gasteiger partial charge in [0.15, 0.2) is 0 Å². The van der Waals surface area contributed by atoms with Gasteiger partial charge in [0.1, 0.15) is 12.1 Å². The fourth-order valence-corrected chi connectivity index (χ4v) is 1.64. The van der Waals surface area contributed by atoms with Crippen LogP contribution in [0.15, 0.2) is 30.3 Å². The number of rotatable bonds is 5. The second-order valence-electron chi connectivity index (χ2n) is 5.85. The van der Waals surface area contributed by atoms with Gasteiger partial charge in [0.05, 0.1) is 7.11 Å². The number of alkyl carbamates (subject to hydrolysis) is 1. The van der Waals surface area contributed by atoms with Gasteiger partial charge >= 0.3 is 12.1 Å². The number of hydrogen-bond donors (Lipinski definition) is 2. The van der Waals surface area contributed by atoms with Gasteiger partial charge in [-0.05, 0) is 38.5 Å². The van der Waals surface area contributed by atoms with Gasteiger partial charge in [-0.25, -0.2) is 9.59 Å². The van der Waals surface area contributed by atoms with Crippen molar-refractivity contribution in [1.82, 2.24) is 5.32 Å². The summed E-state index contributed by atoms with van der Waals surface area (Å²) in [7, 11) is 1.28. The highest BCUT2D eigenvalue weighted by molar-refractivity contribution is 5.96. The first-order chi connectivity index (χ1) is 11.2. The molecule has 0 saturated heterocycles. The summed E-state index contributed by atoms with van der Waals surface area (Å²) >= 11 is 0. The van der Waals surface area contributed by atoms with Crippen LogP contribution in [0.25, 0.3) is 6.08 Å². The standard InChI is InChI=1S/C17H22N2O5/c1-17(2,3)24-16(22)18-11-14(20)19-13-8-6-5-7-12(13)9-10-15(21)23-4/h5-10H,11H2,1-4H3,(H,18,22)(H,19,20)/b10-9+. The Hall–Kier alpha value is -2.83. The smallest absolute Gasteiger partial charge is 0.408 e. The third-order valence-corrected chi connectivity index (χ3v) is 2.63. The van der Waals surface area contributed by atoms with E-state index in [1.807, 2.05) is 0 Å². The number of carbonyl (C=O) groups excluding carboxylic acids is 3. The SMILES string of the molecule is COC(=O)/C=C/c1ccccc1NC(=O)CNC(=O)OC(C)(C)C. The minimum atomic E-state index is -0.670. The molecule has 0 aliphatic heterocycles. The van der Waals surface area contributed by atoms with Crippen molar-refractivity contribution in [2.75, 3.05) is 19.0 Å². The summed E-state index contributed by atoms with van der Waals surface area (Å²) in [6, 6.07) is 6.93. The predicted octanol–water partition coefficient (Wildman–Crippen LogP) is 2.34. The molecule has 0 saturated carbocycles. The van der Waals surface area contributed by atoms with Crippen molar-refractivity contribution in [3.63, 3.8) is 0 Å². The van der Waals surface area contributed by atoms with Gasteiger partial charge < -0.3 is 20.1 Å². The first-order valence-electron chi connectivity index (χ1n) is 7.33. The number of anilines is 1. The van der Waals surface area contributed by atoms with Crippen molar-refractivity contribution < 1.29 is 23.9 Å². The van der Waals surface area contributed by atoms with E-state index in [1.165, 1.54) is 19.3 Å². The van der Waals surface area contributed by atoms with Crippen LogP contribution in [-0.4, -0.2) is 37.2 Å². The summed E-state index contributed by atoms with van der Waals surface area (Å²) < 4.78 is 9.57. The molecule has 1 aromatic rings. The zero-order chi connectivity index (χ0) is 18.2. The van der Waals surface area contributed by atoms with Crippen molar-refractivity contribution in [1.29, 1.82) is 0 Å². The van der Waals surface area contributed by atoms with Gasteiger partial charge in [-0.2, -0.15) is 0 Å². The number of hydrogen-bond acceptors (Lipinski definition) is 5. The molecule has 0 aromatic heterocycles. The molecule has 2 amide bonds. The molecule has 0 radical (unpaired) electrons. The Bertz CT molecular complexity index is 632. The van der Waals surface area contributed by atoms with Crippen LogP contribution in [0, 0.1) is 0 Å². The number of esters is 1. The Morgan fingerprint density at radius 2 is 1.83 bits per heavy atom. The molecular formula is C17H22N2O5. The van der Waals surface area contributed by atoms with Crippen LogP contribution >= 0.6 is 0 Å². The number of carbonyl (C=O) groups is 3. The molecule has 0 unspecified atom stereocenters. The van der Waals surface area contributed by atoms with Crippen molar-refractivity contribution in [2.24, 2.45) is 0 Å². The number of benzene rings is 1. The molecule has 0 aliphatic carbocycles. The van der Waals surface area contributed by atoms with E-state index in [1.54, 1.807) is 45.0 Å². The van der Waals surface area contributed by atoms with E-state index in [-0.39, 0.29) is 6.54 Å². The predicted molar refractivity (Wildman–Crippen MR) is 90.4 cm³/mol. The van der Waals surface area contributed by atoms with Gasteiger partial charge in [0.2, 0.25) is 5.91 Å². The molecule has 1 aromatic carbocycles. The molecule has 1 rings (SSSR count). The van der Waals surface area contributed by atoms with Gasteiger partial charge in [-0.15, -0.1) is 0 Å². The van der Waals surface area contributed by atoms with Crippen molar-refractivity contribution >= 4 is 29.7 Å². The third kappa shape index (κ3) is 7.44. The second kappa shape index (κ2) is 8.71. The van der Waals surface area contributed by atoms with Gasteiger partial charge in [0.25, 0.3) is 0 Å². The quantitative estimate of drug-likeness (QED) is 0.637. The van der Waals surface area contributed by atoms with Crippen molar-refractivity contribution in [2.45, 2.75) is 26.4 Å². The molecule has 0 fully saturated rings. The fraction of sp³-hybridized carbons (Fsp3) is 0.353. The molecule has 0 bridgehead atoms. The highest BCUT2D eigenvalue weighted by Gasteiger charge is 2.16. The number of amides is 2. The summed E-state index contributed by atoms with van der Waals surface area (Å²) in [5.74, 6) is -0.914. The van der Waals surface area contributed by atoms with E-state index in [0.717, 1.165) is 0 Å². The lowest BCUT2D eigenvalue weighted by molar-refractivity contribution is -0.134. The molecule has 24 heavy (non-hydrogen) atoms. The van der Waals surface area contributed by atoms with E-state index in [9.17, 15) is 14.4 Å². The maximum Gasteiger partial charge on any atom is 0.408 e. The Kier molecular flexibility index (Phi) is 6.98. The lowest BCUT2D eigenvalue weighted by Crippen LogP contribution is -2.37. The molecule has 0 aliphatic rings. The van der Waals surface area contributed by atoms with Crippen molar-refractivity contribution in [3.05, 3.63) is 35.9 Å². The lowest BCUT2D eigenvalue weighted by Gasteiger charge is -2.19. The number of methoxy groups -OCH3 is 1. The topological polar surface area (TPSA) is 93.7 Å². The Balaban J connectivity index is 2.63. The normalized spacial score (nSPS) is 11.0. The van der Waals surface area contributed by atoms with Crippen LogP contribution in [0.5, 0.6) is 0 Å². The number of ether oxygens (including phenoxy) is 2. The summed E-state index contributed by atoms with van der Waals surface area (Å²) in [6.07, 6.45) is 2.11. The van der Waals surface area contributed by atoms with Gasteiger partial charge in [-0.3, -0.25) is 4.79 Å². The summed E-state index contributed by atoms with van der Waals surface area (Å²) in [6.45, 7) is 4.97. The molecular weight excluding hydrogens is 312 g/mol. The van der Waals surface area contributed by atoms with Crippen molar-refractivity contribution in [3.8, 4) is 0 Å². The maximum absolute atomic E-state index is 11.9. The second-order valence-corrected chi connectivity index (χ2v) is 5.85. The first-order valence-corrected chi connectivity index (χ1v) is 7.33. The number of para-hydroxylation sites is 1. The zero-order valence-electron chi connectivity index (χ0n) is 14.2. The minimum Gasteiger partial charge on any atom is -0.466 e. The monoisotopic (exact) mass is 334 g/mol. The average molecular weight is 334 g/mol. The molecule has 7 nitrogen and oxygen atoms in total. The van der Waals surface area contributed by atoms with E-state index in [2.05, 4.69) is 15.4 Å². The Morgan fingerprint density at radius 1 is 1.17 bits per heavy atom. The highest BCUT2D eigenvalue weighted by Crippen LogP contribution is 2.16. The van der Waals surface area contributed by atoms with E-state index in [4.69, 9.17) is 4.74 Å². The lowest BCUT2D eigenvalue weighted by atomic mass is 10.1. The maximum atomic E-state index is 11.9. The third-order valence-electron chi connectivity index (χ3n) is 2.63. The minimum absolute atomic E-state index is 0.232. The Labute approximate surface area is 141 Å². The molecule has 0 atom stereocenters.